The van der Waals surface area contributed by atoms with Crippen LogP contribution in [0, 0.1) is 0 Å². The molecule has 1 aliphatic rings. The molecule has 238 valence electrons. The molecule has 0 unspecified atom stereocenters. The van der Waals surface area contributed by atoms with Gasteiger partial charge in [0.05, 0.1) is 16.9 Å². The van der Waals surface area contributed by atoms with Crippen molar-refractivity contribution in [2.75, 3.05) is 4.90 Å². The van der Waals surface area contributed by atoms with Crippen molar-refractivity contribution < 1.29 is 0 Å². The van der Waals surface area contributed by atoms with Gasteiger partial charge in [-0.1, -0.05) is 146 Å². The fourth-order valence-electron chi connectivity index (χ4n) is 7.66. The van der Waals surface area contributed by atoms with Crippen molar-refractivity contribution in [2.24, 2.45) is 0 Å². The molecule has 0 fully saturated rings. The van der Waals surface area contributed by atoms with E-state index < -0.39 is 0 Å². The van der Waals surface area contributed by atoms with E-state index in [1.54, 1.807) is 0 Å². The van der Waals surface area contributed by atoms with Gasteiger partial charge in [0, 0.05) is 28.4 Å². The minimum atomic E-state index is 0.692. The number of nitrogens with zero attached hydrogens (tertiary/aromatic N) is 3. The van der Waals surface area contributed by atoms with Crippen LogP contribution in [0.15, 0.2) is 188 Å². The number of fused-ring (bicyclic) bond motifs is 4. The second-order valence-electron chi connectivity index (χ2n) is 13.0. The molecular weight excluding hydrogens is 619 g/mol. The third kappa shape index (κ3) is 4.90. The summed E-state index contributed by atoms with van der Waals surface area (Å²) in [6.07, 6.45) is 1.95. The Morgan fingerprint density at radius 2 is 0.961 bits per heavy atom. The van der Waals surface area contributed by atoms with Gasteiger partial charge in [-0.2, -0.15) is 0 Å². The SMILES string of the molecule is c1ccc(-c2ccc(N(c3ccccc3-c3ccccc3)c3cc4c(cc3-c3ncc5ccccc5n3)-c3cccc5cccc-4c35)cc2)cc1. The van der Waals surface area contributed by atoms with Gasteiger partial charge in [-0.15, -0.1) is 0 Å². The zero-order valence-corrected chi connectivity index (χ0v) is 27.7. The van der Waals surface area contributed by atoms with Gasteiger partial charge < -0.3 is 4.90 Å². The highest BCUT2D eigenvalue weighted by Gasteiger charge is 2.28. The van der Waals surface area contributed by atoms with Crippen LogP contribution in [0.3, 0.4) is 0 Å². The molecule has 0 N–H and O–H groups in total. The summed E-state index contributed by atoms with van der Waals surface area (Å²) in [7, 11) is 0. The zero-order chi connectivity index (χ0) is 33.7. The Balaban J connectivity index is 1.28. The maximum Gasteiger partial charge on any atom is 0.161 e. The number of benzene rings is 8. The maximum absolute atomic E-state index is 5.20. The van der Waals surface area contributed by atoms with E-state index in [1.807, 2.05) is 18.3 Å². The van der Waals surface area contributed by atoms with Crippen molar-refractivity contribution in [1.82, 2.24) is 9.97 Å². The first-order chi connectivity index (χ1) is 25.3. The van der Waals surface area contributed by atoms with E-state index in [0.717, 1.165) is 44.7 Å². The van der Waals surface area contributed by atoms with Gasteiger partial charge in [-0.25, -0.2) is 9.97 Å². The number of rotatable bonds is 6. The Morgan fingerprint density at radius 1 is 0.373 bits per heavy atom. The van der Waals surface area contributed by atoms with Crippen LogP contribution in [0.25, 0.3) is 77.6 Å². The Morgan fingerprint density at radius 3 is 1.73 bits per heavy atom. The highest BCUT2D eigenvalue weighted by atomic mass is 15.2. The van der Waals surface area contributed by atoms with Crippen LogP contribution in [0.4, 0.5) is 17.1 Å². The molecule has 0 aliphatic heterocycles. The van der Waals surface area contributed by atoms with Crippen LogP contribution >= 0.6 is 0 Å². The third-order valence-electron chi connectivity index (χ3n) is 10.1. The summed E-state index contributed by atoms with van der Waals surface area (Å²) < 4.78 is 0. The third-order valence-corrected chi connectivity index (χ3v) is 10.1. The highest BCUT2D eigenvalue weighted by molar-refractivity contribution is 6.17. The van der Waals surface area contributed by atoms with Gasteiger partial charge in [-0.05, 0) is 86.1 Å². The second kappa shape index (κ2) is 11.9. The molecule has 3 heteroatoms. The summed E-state index contributed by atoms with van der Waals surface area (Å²) in [6.45, 7) is 0. The van der Waals surface area contributed by atoms with E-state index in [4.69, 9.17) is 9.97 Å². The van der Waals surface area contributed by atoms with Gasteiger partial charge in [0.1, 0.15) is 0 Å². The first-order valence-corrected chi connectivity index (χ1v) is 17.3. The summed E-state index contributed by atoms with van der Waals surface area (Å²) in [6, 6.07) is 64.9. The van der Waals surface area contributed by atoms with E-state index in [2.05, 4.69) is 175 Å². The van der Waals surface area contributed by atoms with E-state index in [0.29, 0.717) is 5.82 Å². The van der Waals surface area contributed by atoms with Crippen LogP contribution in [0.1, 0.15) is 0 Å². The lowest BCUT2D eigenvalue weighted by Gasteiger charge is -2.30. The smallest absolute Gasteiger partial charge is 0.161 e. The number of anilines is 3. The molecule has 0 atom stereocenters. The topological polar surface area (TPSA) is 29.0 Å². The molecule has 9 aromatic rings. The lowest BCUT2D eigenvalue weighted by Crippen LogP contribution is -2.13. The zero-order valence-electron chi connectivity index (χ0n) is 27.7. The van der Waals surface area contributed by atoms with Crippen LogP contribution in [0.2, 0.25) is 0 Å². The molecule has 1 heterocycles. The summed E-state index contributed by atoms with van der Waals surface area (Å²) in [5.41, 5.74) is 14.6. The lowest BCUT2D eigenvalue weighted by molar-refractivity contribution is 1.21. The second-order valence-corrected chi connectivity index (χ2v) is 13.0. The van der Waals surface area contributed by atoms with Crippen molar-refractivity contribution in [3.05, 3.63) is 188 Å². The van der Waals surface area contributed by atoms with Crippen molar-refractivity contribution >= 4 is 38.7 Å². The molecule has 51 heavy (non-hydrogen) atoms. The molecule has 8 aromatic carbocycles. The Labute approximate surface area is 296 Å². The fourth-order valence-corrected chi connectivity index (χ4v) is 7.66. The number of hydrogen-bond donors (Lipinski definition) is 0. The van der Waals surface area contributed by atoms with Gasteiger partial charge in [0.2, 0.25) is 0 Å². The monoisotopic (exact) mass is 649 g/mol. The van der Waals surface area contributed by atoms with Crippen LogP contribution in [-0.2, 0) is 0 Å². The Bertz CT molecular complexity index is 2730. The van der Waals surface area contributed by atoms with Gasteiger partial charge in [0.25, 0.3) is 0 Å². The molecule has 0 amide bonds. The molecule has 0 saturated carbocycles. The van der Waals surface area contributed by atoms with Gasteiger partial charge in [-0.3, -0.25) is 0 Å². The summed E-state index contributed by atoms with van der Waals surface area (Å²) in [5, 5.41) is 3.55. The van der Waals surface area contributed by atoms with Crippen molar-refractivity contribution in [1.29, 1.82) is 0 Å². The molecular formula is C48H31N3. The summed E-state index contributed by atoms with van der Waals surface area (Å²) >= 11 is 0. The Kier molecular flexibility index (Phi) is 6.81. The first kappa shape index (κ1) is 29.1. The molecule has 3 nitrogen and oxygen atoms in total. The average molecular weight is 650 g/mol. The standard InChI is InChI=1S/C48H31N3/c1-3-13-32(14-4-1)33-25-27-37(28-26-33)51(45-24-10-8-20-38(45)34-15-5-2-6-16-34)46-30-42-40-22-12-19-35-18-11-21-39(47(35)40)41(42)29-43(46)48-49-31-36-17-7-9-23-44(36)50-48/h1-31H. The predicted molar refractivity (Wildman–Crippen MR) is 212 cm³/mol. The quantitative estimate of drug-likeness (QED) is 0.179. The predicted octanol–water partition coefficient (Wildman–Crippen LogP) is 12.9. The van der Waals surface area contributed by atoms with Crippen LogP contribution in [0.5, 0.6) is 0 Å². The van der Waals surface area contributed by atoms with E-state index >= 15 is 0 Å². The minimum absolute atomic E-state index is 0.692. The van der Waals surface area contributed by atoms with Crippen molar-refractivity contribution in [3.63, 3.8) is 0 Å². The normalized spacial score (nSPS) is 11.5. The largest absolute Gasteiger partial charge is 0.309 e. The van der Waals surface area contributed by atoms with Crippen molar-refractivity contribution in [3.8, 4) is 55.9 Å². The van der Waals surface area contributed by atoms with Gasteiger partial charge >= 0.3 is 0 Å². The molecule has 1 aliphatic carbocycles. The summed E-state index contributed by atoms with van der Waals surface area (Å²) in [4.78, 5) is 12.6. The number of aromatic nitrogens is 2. The molecule has 0 spiro atoms. The maximum atomic E-state index is 5.20. The fraction of sp³-hybridized carbons (Fsp3) is 0. The van der Waals surface area contributed by atoms with Gasteiger partial charge in [0.15, 0.2) is 5.82 Å². The lowest BCUT2D eigenvalue weighted by atomic mass is 9.96. The Hall–Kier alpha value is -6.84. The molecule has 1 aromatic heterocycles. The molecule has 0 radical (unpaired) electrons. The number of para-hydroxylation sites is 2. The first-order valence-electron chi connectivity index (χ1n) is 17.3. The average Bonchev–Trinajstić information content (AvgIpc) is 3.52. The van der Waals surface area contributed by atoms with E-state index in [1.165, 1.54) is 44.2 Å². The minimum Gasteiger partial charge on any atom is -0.309 e. The van der Waals surface area contributed by atoms with Crippen LogP contribution in [-0.4, -0.2) is 9.97 Å². The highest BCUT2D eigenvalue weighted by Crippen LogP contribution is 2.53. The van der Waals surface area contributed by atoms with Crippen LogP contribution < -0.4 is 4.90 Å². The number of hydrogen-bond acceptors (Lipinski definition) is 3. The van der Waals surface area contributed by atoms with E-state index in [-0.39, 0.29) is 0 Å². The molecule has 10 rings (SSSR count). The molecule has 0 bridgehead atoms. The molecule has 0 saturated heterocycles. The van der Waals surface area contributed by atoms with Crippen molar-refractivity contribution in [2.45, 2.75) is 0 Å². The van der Waals surface area contributed by atoms with E-state index in [9.17, 15) is 0 Å². The summed E-state index contributed by atoms with van der Waals surface area (Å²) in [5.74, 6) is 0.692.